The number of rotatable bonds is 7. The van der Waals surface area contributed by atoms with Crippen LogP contribution in [0, 0.1) is 0 Å². The van der Waals surface area contributed by atoms with E-state index < -0.39 is 6.10 Å². The van der Waals surface area contributed by atoms with Crippen molar-refractivity contribution in [3.63, 3.8) is 0 Å². The summed E-state index contributed by atoms with van der Waals surface area (Å²) in [4.78, 5) is 11.0. The van der Waals surface area contributed by atoms with Crippen molar-refractivity contribution in [3.05, 3.63) is 29.8 Å². The predicted octanol–water partition coefficient (Wildman–Crippen LogP) is 1.45. The van der Waals surface area contributed by atoms with Crippen molar-refractivity contribution >= 4 is 5.91 Å². The van der Waals surface area contributed by atoms with Gasteiger partial charge in [0.1, 0.15) is 18.5 Å². The Morgan fingerprint density at radius 1 is 1.33 bits per heavy atom. The van der Waals surface area contributed by atoms with Crippen molar-refractivity contribution in [2.24, 2.45) is 0 Å². The van der Waals surface area contributed by atoms with Gasteiger partial charge in [0.15, 0.2) is 0 Å². The van der Waals surface area contributed by atoms with E-state index in [1.165, 1.54) is 6.92 Å². The minimum absolute atomic E-state index is 0.0374. The van der Waals surface area contributed by atoms with Gasteiger partial charge in [-0.05, 0) is 26.8 Å². The Morgan fingerprint density at radius 3 is 2.62 bits per heavy atom. The lowest BCUT2D eigenvalue weighted by Crippen LogP contribution is -2.42. The average Bonchev–Trinajstić information content (AvgIpc) is 2.40. The maximum atomic E-state index is 11.0. The third-order valence-corrected chi connectivity index (χ3v) is 2.80. The number of para-hydroxylation sites is 1. The topological polar surface area (TPSA) is 70.6 Å². The number of benzene rings is 1. The first-order valence-corrected chi connectivity index (χ1v) is 7.16. The molecule has 0 saturated carbocycles. The van der Waals surface area contributed by atoms with Crippen LogP contribution in [0.25, 0.3) is 0 Å². The van der Waals surface area contributed by atoms with Crippen LogP contribution < -0.4 is 15.4 Å². The molecule has 5 nitrogen and oxygen atoms in total. The maximum Gasteiger partial charge on any atom is 0.217 e. The third-order valence-electron chi connectivity index (χ3n) is 2.80. The highest BCUT2D eigenvalue weighted by Crippen LogP contribution is 2.17. The summed E-state index contributed by atoms with van der Waals surface area (Å²) < 4.78 is 5.66. The molecule has 0 unspecified atom stereocenters. The Bertz CT molecular complexity index is 455. The summed E-state index contributed by atoms with van der Waals surface area (Å²) in [5, 5.41) is 15.9. The van der Waals surface area contributed by atoms with Gasteiger partial charge in [-0.2, -0.15) is 0 Å². The van der Waals surface area contributed by atoms with Crippen LogP contribution in [0.5, 0.6) is 5.75 Å². The Morgan fingerprint density at radius 2 is 2.00 bits per heavy atom. The zero-order chi connectivity index (χ0) is 15.9. The number of carbonyl (C=O) groups is 1. The SMILES string of the molecule is CC(=O)NCc1ccccc1OC[C@@H](O)CNC(C)(C)C. The molecule has 5 heteroatoms. The number of aliphatic hydroxyl groups excluding tert-OH is 1. The van der Waals surface area contributed by atoms with Crippen molar-refractivity contribution in [2.45, 2.75) is 45.9 Å². The van der Waals surface area contributed by atoms with E-state index in [2.05, 4.69) is 10.6 Å². The van der Waals surface area contributed by atoms with E-state index in [1.54, 1.807) is 0 Å². The van der Waals surface area contributed by atoms with Crippen molar-refractivity contribution in [1.82, 2.24) is 10.6 Å². The maximum absolute atomic E-state index is 11.0. The lowest BCUT2D eigenvalue weighted by Gasteiger charge is -2.23. The van der Waals surface area contributed by atoms with Gasteiger partial charge in [0.05, 0.1) is 0 Å². The second-order valence-electron chi connectivity index (χ2n) is 6.11. The van der Waals surface area contributed by atoms with E-state index in [0.717, 1.165) is 5.56 Å². The van der Waals surface area contributed by atoms with E-state index in [-0.39, 0.29) is 18.1 Å². The van der Waals surface area contributed by atoms with Crippen molar-refractivity contribution in [1.29, 1.82) is 0 Å². The molecular weight excluding hydrogens is 268 g/mol. The molecule has 1 aromatic carbocycles. The molecule has 3 N–H and O–H groups in total. The number of aliphatic hydroxyl groups is 1. The molecule has 1 rings (SSSR count). The predicted molar refractivity (Wildman–Crippen MR) is 83.2 cm³/mol. The fourth-order valence-corrected chi connectivity index (χ4v) is 1.68. The number of nitrogens with one attached hydrogen (secondary N) is 2. The van der Waals surface area contributed by atoms with Gasteiger partial charge in [0.25, 0.3) is 0 Å². The molecule has 0 aliphatic carbocycles. The van der Waals surface area contributed by atoms with Gasteiger partial charge in [-0.1, -0.05) is 18.2 Å². The average molecular weight is 294 g/mol. The molecule has 0 aliphatic heterocycles. The molecule has 0 fully saturated rings. The largest absolute Gasteiger partial charge is 0.490 e. The summed E-state index contributed by atoms with van der Waals surface area (Å²) in [7, 11) is 0. The molecule has 21 heavy (non-hydrogen) atoms. The van der Waals surface area contributed by atoms with Crippen LogP contribution in [0.4, 0.5) is 0 Å². The summed E-state index contributed by atoms with van der Waals surface area (Å²) in [6.45, 7) is 8.71. The first-order chi connectivity index (χ1) is 9.78. The van der Waals surface area contributed by atoms with Gasteiger partial charge >= 0.3 is 0 Å². The molecule has 0 saturated heterocycles. The van der Waals surface area contributed by atoms with Crippen LogP contribution in [0.1, 0.15) is 33.3 Å². The monoisotopic (exact) mass is 294 g/mol. The molecule has 118 valence electrons. The van der Waals surface area contributed by atoms with Gasteiger partial charge in [-0.25, -0.2) is 0 Å². The van der Waals surface area contributed by atoms with Crippen molar-refractivity contribution in [2.75, 3.05) is 13.2 Å². The molecule has 0 aliphatic rings. The van der Waals surface area contributed by atoms with Gasteiger partial charge in [-0.3, -0.25) is 4.79 Å². The second kappa shape index (κ2) is 8.00. The molecule has 1 aromatic rings. The zero-order valence-corrected chi connectivity index (χ0v) is 13.3. The summed E-state index contributed by atoms with van der Waals surface area (Å²) in [5.41, 5.74) is 0.855. The van der Waals surface area contributed by atoms with E-state index in [1.807, 2.05) is 45.0 Å². The van der Waals surface area contributed by atoms with Crippen LogP contribution in [0.15, 0.2) is 24.3 Å². The van der Waals surface area contributed by atoms with E-state index >= 15 is 0 Å². The minimum Gasteiger partial charge on any atom is -0.490 e. The number of β-amino-alcohol motifs (C(OH)–C–C–N with tert-alkyl or cyclic N) is 1. The minimum atomic E-state index is -0.585. The number of amides is 1. The lowest BCUT2D eigenvalue weighted by molar-refractivity contribution is -0.119. The fraction of sp³-hybridized carbons (Fsp3) is 0.562. The smallest absolute Gasteiger partial charge is 0.217 e. The van der Waals surface area contributed by atoms with Crippen LogP contribution in [0.3, 0.4) is 0 Å². The van der Waals surface area contributed by atoms with Crippen molar-refractivity contribution < 1.29 is 14.6 Å². The Kier molecular flexibility index (Phi) is 6.65. The first kappa shape index (κ1) is 17.5. The van der Waals surface area contributed by atoms with Crippen molar-refractivity contribution in [3.8, 4) is 5.75 Å². The molecule has 0 heterocycles. The molecule has 0 spiro atoms. The van der Waals surface area contributed by atoms with E-state index in [0.29, 0.717) is 18.8 Å². The highest BCUT2D eigenvalue weighted by atomic mass is 16.5. The van der Waals surface area contributed by atoms with E-state index in [4.69, 9.17) is 4.74 Å². The Balaban J connectivity index is 2.49. The van der Waals surface area contributed by atoms with Gasteiger partial charge in [0, 0.05) is 31.1 Å². The van der Waals surface area contributed by atoms with Gasteiger partial charge in [-0.15, -0.1) is 0 Å². The van der Waals surface area contributed by atoms with E-state index in [9.17, 15) is 9.90 Å². The quantitative estimate of drug-likeness (QED) is 0.712. The Labute approximate surface area is 126 Å². The van der Waals surface area contributed by atoms with Gasteiger partial charge < -0.3 is 20.5 Å². The molecule has 0 radical (unpaired) electrons. The number of carbonyl (C=O) groups excluding carboxylic acids is 1. The molecule has 1 amide bonds. The summed E-state index contributed by atoms with van der Waals surface area (Å²) in [5.74, 6) is 0.597. The second-order valence-corrected chi connectivity index (χ2v) is 6.11. The van der Waals surface area contributed by atoms with Crippen LogP contribution >= 0.6 is 0 Å². The Hall–Kier alpha value is -1.59. The number of hydrogen-bond acceptors (Lipinski definition) is 4. The number of ether oxygens (including phenoxy) is 1. The third kappa shape index (κ3) is 7.68. The molecule has 1 atom stereocenters. The molecule has 0 bridgehead atoms. The van der Waals surface area contributed by atoms with Crippen LogP contribution in [0.2, 0.25) is 0 Å². The first-order valence-electron chi connectivity index (χ1n) is 7.16. The van der Waals surface area contributed by atoms with Crippen LogP contribution in [-0.4, -0.2) is 35.8 Å². The summed E-state index contributed by atoms with van der Waals surface area (Å²) >= 11 is 0. The molecule has 0 aromatic heterocycles. The fourth-order valence-electron chi connectivity index (χ4n) is 1.68. The van der Waals surface area contributed by atoms with Gasteiger partial charge in [0.2, 0.25) is 5.91 Å². The molecular formula is C16H26N2O3. The normalized spacial score (nSPS) is 12.8. The van der Waals surface area contributed by atoms with Crippen LogP contribution in [-0.2, 0) is 11.3 Å². The highest BCUT2D eigenvalue weighted by Gasteiger charge is 2.13. The summed E-state index contributed by atoms with van der Waals surface area (Å²) in [6.07, 6.45) is -0.585. The highest BCUT2D eigenvalue weighted by molar-refractivity contribution is 5.72. The summed E-state index contributed by atoms with van der Waals surface area (Å²) in [6, 6.07) is 7.49. The zero-order valence-electron chi connectivity index (χ0n) is 13.3. The standard InChI is InChI=1S/C16H26N2O3/c1-12(19)17-9-13-7-5-6-8-15(13)21-11-14(20)10-18-16(2,3)4/h5-8,14,18,20H,9-11H2,1-4H3,(H,17,19)/t14-/m0/s1. The number of hydrogen-bond donors (Lipinski definition) is 3. The lowest BCUT2D eigenvalue weighted by atomic mass is 10.1.